The first kappa shape index (κ1) is 41.3. The number of hydrogen-bond donors (Lipinski definition) is 4. The minimum absolute atomic E-state index is 0.343. The lowest BCUT2D eigenvalue weighted by atomic mass is 10.1. The van der Waals surface area contributed by atoms with Crippen LogP contribution in [0.4, 0.5) is 0 Å². The van der Waals surface area contributed by atoms with Crippen LogP contribution in [0.15, 0.2) is 0 Å². The van der Waals surface area contributed by atoms with E-state index < -0.39 is 11.9 Å². The van der Waals surface area contributed by atoms with Crippen molar-refractivity contribution in [3.05, 3.63) is 0 Å². The number of unbranched alkanes of at least 4 members (excludes halogenated alkanes) is 18. The van der Waals surface area contributed by atoms with E-state index in [2.05, 4.69) is 38.5 Å². The van der Waals surface area contributed by atoms with Crippen molar-refractivity contribution in [3.8, 4) is 0 Å². The topological polar surface area (TPSA) is 98.7 Å². The Labute approximate surface area is 237 Å². The van der Waals surface area contributed by atoms with Gasteiger partial charge in [-0.1, -0.05) is 143 Å². The molecule has 4 N–H and O–H groups in total. The van der Waals surface area contributed by atoms with Gasteiger partial charge in [-0.15, -0.1) is 0 Å². The van der Waals surface area contributed by atoms with Crippen LogP contribution in [0, 0.1) is 0 Å². The number of rotatable bonds is 27. The Morgan fingerprint density at radius 2 is 0.632 bits per heavy atom. The molecule has 0 saturated heterocycles. The lowest BCUT2D eigenvalue weighted by molar-refractivity contribution is -0.138. The second kappa shape index (κ2) is 40.4. The minimum atomic E-state index is -0.659. The van der Waals surface area contributed by atoms with Gasteiger partial charge in [-0.2, -0.15) is 0 Å². The highest BCUT2D eigenvalue weighted by Gasteiger charge is 1.97. The summed E-state index contributed by atoms with van der Waals surface area (Å²) in [4.78, 5) is 20.4. The average Bonchev–Trinajstić information content (AvgIpc) is 2.89. The number of aliphatic carboxylic acids is 2. The van der Waals surface area contributed by atoms with Gasteiger partial charge >= 0.3 is 11.9 Å². The Bertz CT molecular complexity index is 407. The number of hydrazine groups is 1. The van der Waals surface area contributed by atoms with Gasteiger partial charge in [0.1, 0.15) is 0 Å². The van der Waals surface area contributed by atoms with Crippen LogP contribution in [0.5, 0.6) is 0 Å². The summed E-state index contributed by atoms with van der Waals surface area (Å²) in [6.07, 6.45) is 28.0. The molecule has 6 nitrogen and oxygen atoms in total. The second-order valence-electron chi connectivity index (χ2n) is 10.5. The second-order valence-corrected chi connectivity index (χ2v) is 10.5. The Kier molecular flexibility index (Phi) is 43.9. The minimum Gasteiger partial charge on any atom is -0.481 e. The zero-order valence-electron chi connectivity index (χ0n) is 26.1. The molecule has 0 aliphatic rings. The monoisotopic (exact) mass is 545 g/mol. The molecule has 0 spiro atoms. The van der Waals surface area contributed by atoms with Crippen molar-refractivity contribution in [1.29, 1.82) is 0 Å². The van der Waals surface area contributed by atoms with E-state index in [0.29, 0.717) is 12.8 Å². The highest BCUT2D eigenvalue weighted by Crippen LogP contribution is 2.11. The fraction of sp³-hybridized carbons (Fsp3) is 0.938. The zero-order chi connectivity index (χ0) is 29.0. The Hall–Kier alpha value is -1.14. The van der Waals surface area contributed by atoms with E-state index in [4.69, 9.17) is 10.2 Å². The third kappa shape index (κ3) is 51.5. The molecule has 0 radical (unpaired) electrons. The van der Waals surface area contributed by atoms with Crippen LogP contribution in [0.2, 0.25) is 0 Å². The van der Waals surface area contributed by atoms with Gasteiger partial charge in [0.25, 0.3) is 0 Å². The van der Waals surface area contributed by atoms with Crippen molar-refractivity contribution >= 4 is 11.9 Å². The third-order valence-corrected chi connectivity index (χ3v) is 6.42. The number of carbonyl (C=O) groups is 2. The van der Waals surface area contributed by atoms with Crippen LogP contribution >= 0.6 is 0 Å². The van der Waals surface area contributed by atoms with Crippen molar-refractivity contribution in [2.45, 2.75) is 182 Å². The Morgan fingerprint density at radius 3 is 0.868 bits per heavy atom. The molecule has 0 amide bonds. The normalized spacial score (nSPS) is 10.3. The summed E-state index contributed by atoms with van der Waals surface area (Å²) in [6, 6.07) is 0. The lowest BCUT2D eigenvalue weighted by Gasteiger charge is -2.03. The van der Waals surface area contributed by atoms with Crippen molar-refractivity contribution in [1.82, 2.24) is 10.9 Å². The smallest absolute Gasteiger partial charge is 0.303 e. The summed E-state index contributed by atoms with van der Waals surface area (Å²) in [5, 5.41) is 16.8. The lowest BCUT2D eigenvalue weighted by Crippen LogP contribution is -2.33. The molecule has 0 atom stereocenters. The number of carboxylic acid groups (broad SMARTS) is 2. The van der Waals surface area contributed by atoms with Crippen molar-refractivity contribution in [2.75, 3.05) is 13.1 Å². The van der Waals surface area contributed by atoms with E-state index in [0.717, 1.165) is 38.8 Å². The van der Waals surface area contributed by atoms with Gasteiger partial charge in [-0.05, 0) is 25.7 Å². The molecular formula is C32H68N2O4. The summed E-state index contributed by atoms with van der Waals surface area (Å²) < 4.78 is 0. The molecule has 0 bridgehead atoms. The Morgan fingerprint density at radius 1 is 0.395 bits per heavy atom. The van der Waals surface area contributed by atoms with E-state index in [-0.39, 0.29) is 0 Å². The fourth-order valence-electron chi connectivity index (χ4n) is 3.88. The summed E-state index contributed by atoms with van der Waals surface area (Å²) in [5.41, 5.74) is 6.34. The van der Waals surface area contributed by atoms with Gasteiger partial charge in [-0.25, -0.2) is 0 Å². The standard InChI is InChI=1S/2C12H24O2.C8H20N2/c2*1-2-3-4-5-6-7-8-9-10-11-12(13)14;1-3-5-7-9-10-8-6-4-2/h2*2-11H2,1H3,(H,13,14);9-10H,3-8H2,1-2H3. The van der Waals surface area contributed by atoms with Crippen molar-refractivity contribution in [2.24, 2.45) is 0 Å². The zero-order valence-corrected chi connectivity index (χ0v) is 26.1. The molecule has 0 aromatic heterocycles. The number of hydrogen-bond acceptors (Lipinski definition) is 4. The summed E-state index contributed by atoms with van der Waals surface area (Å²) in [6.45, 7) is 11.1. The van der Waals surface area contributed by atoms with Gasteiger partial charge in [0.15, 0.2) is 0 Å². The Balaban J connectivity index is -0.000000492. The molecule has 0 saturated carbocycles. The van der Waals surface area contributed by atoms with Crippen LogP contribution in [0.1, 0.15) is 182 Å². The first-order valence-electron chi connectivity index (χ1n) is 16.3. The first-order valence-corrected chi connectivity index (χ1v) is 16.3. The summed E-state index contributed by atoms with van der Waals surface area (Å²) in [5.74, 6) is -1.32. The maximum atomic E-state index is 10.2. The number of nitrogens with one attached hydrogen (secondary N) is 2. The molecule has 0 heterocycles. The molecule has 0 aliphatic heterocycles. The summed E-state index contributed by atoms with van der Waals surface area (Å²) >= 11 is 0. The highest BCUT2D eigenvalue weighted by atomic mass is 16.4. The third-order valence-electron chi connectivity index (χ3n) is 6.42. The van der Waals surface area contributed by atoms with Crippen molar-refractivity contribution < 1.29 is 19.8 Å². The van der Waals surface area contributed by atoms with E-state index in [9.17, 15) is 9.59 Å². The SMILES string of the molecule is CCCCCCCCCCCC(=O)O.CCCCCCCCCCCC(=O)O.CCCCNNCCCC. The molecule has 38 heavy (non-hydrogen) atoms. The molecule has 0 fully saturated rings. The molecule has 6 heteroatoms. The van der Waals surface area contributed by atoms with Gasteiger partial charge in [0.05, 0.1) is 0 Å². The molecule has 230 valence electrons. The van der Waals surface area contributed by atoms with E-state index >= 15 is 0 Å². The quantitative estimate of drug-likeness (QED) is 0.0607. The first-order chi connectivity index (χ1) is 18.5. The van der Waals surface area contributed by atoms with Crippen LogP contribution in [0.3, 0.4) is 0 Å². The van der Waals surface area contributed by atoms with Crippen LogP contribution in [-0.2, 0) is 9.59 Å². The summed E-state index contributed by atoms with van der Waals surface area (Å²) in [7, 11) is 0. The predicted molar refractivity (Wildman–Crippen MR) is 165 cm³/mol. The maximum Gasteiger partial charge on any atom is 0.303 e. The van der Waals surface area contributed by atoms with Gasteiger partial charge in [0, 0.05) is 25.9 Å². The molecule has 0 aromatic carbocycles. The highest BCUT2D eigenvalue weighted by molar-refractivity contribution is 5.66. The van der Waals surface area contributed by atoms with Gasteiger partial charge in [0.2, 0.25) is 0 Å². The molecule has 0 aliphatic carbocycles. The van der Waals surface area contributed by atoms with E-state index in [1.807, 2.05) is 0 Å². The maximum absolute atomic E-state index is 10.2. The van der Waals surface area contributed by atoms with Crippen LogP contribution in [-0.4, -0.2) is 35.2 Å². The number of carboxylic acids is 2. The van der Waals surface area contributed by atoms with E-state index in [1.165, 1.54) is 116 Å². The van der Waals surface area contributed by atoms with Crippen LogP contribution in [0.25, 0.3) is 0 Å². The predicted octanol–water partition coefficient (Wildman–Crippen LogP) is 9.66. The molecule has 0 unspecified atom stereocenters. The van der Waals surface area contributed by atoms with Crippen LogP contribution < -0.4 is 10.9 Å². The average molecular weight is 545 g/mol. The molecule has 0 rings (SSSR count). The largest absolute Gasteiger partial charge is 0.481 e. The molecular weight excluding hydrogens is 476 g/mol. The fourth-order valence-corrected chi connectivity index (χ4v) is 3.88. The van der Waals surface area contributed by atoms with Gasteiger partial charge < -0.3 is 10.2 Å². The van der Waals surface area contributed by atoms with Gasteiger partial charge in [-0.3, -0.25) is 20.4 Å². The molecule has 0 aromatic rings. The van der Waals surface area contributed by atoms with Crippen molar-refractivity contribution in [3.63, 3.8) is 0 Å². The van der Waals surface area contributed by atoms with E-state index in [1.54, 1.807) is 0 Å².